The minimum absolute atomic E-state index is 0.0649. The summed E-state index contributed by atoms with van der Waals surface area (Å²) in [6.07, 6.45) is -0.00311. The molecule has 1 aliphatic rings. The van der Waals surface area contributed by atoms with Gasteiger partial charge in [0.25, 0.3) is 0 Å². The maximum atomic E-state index is 10.1. The third-order valence-electron chi connectivity index (χ3n) is 2.95. The van der Waals surface area contributed by atoms with Crippen molar-refractivity contribution in [3.63, 3.8) is 0 Å². The fraction of sp³-hybridized carbons (Fsp3) is 0.231. The summed E-state index contributed by atoms with van der Waals surface area (Å²) < 4.78 is 5.89. The maximum Gasteiger partial charge on any atom is 0.127 e. The molecule has 2 aromatic rings. The summed E-state index contributed by atoms with van der Waals surface area (Å²) in [5.41, 5.74) is 1.90. The van der Waals surface area contributed by atoms with E-state index in [-0.39, 0.29) is 6.10 Å². The molecule has 17 heavy (non-hydrogen) atoms. The number of halogens is 1. The normalized spacial score (nSPS) is 22.9. The predicted octanol–water partition coefficient (Wildman–Crippen LogP) is 3.96. The van der Waals surface area contributed by atoms with Crippen molar-refractivity contribution in [1.82, 2.24) is 0 Å². The Kier molecular flexibility index (Phi) is 2.82. The van der Waals surface area contributed by atoms with Gasteiger partial charge in [0.1, 0.15) is 11.9 Å². The Morgan fingerprint density at radius 2 is 2.24 bits per heavy atom. The second-order valence-corrected chi connectivity index (χ2v) is 5.31. The van der Waals surface area contributed by atoms with Crippen molar-refractivity contribution in [1.29, 1.82) is 0 Å². The van der Waals surface area contributed by atoms with E-state index in [9.17, 15) is 5.11 Å². The second-order valence-electron chi connectivity index (χ2n) is 4.10. The van der Waals surface area contributed by atoms with Crippen LogP contribution in [0.15, 0.2) is 35.0 Å². The fourth-order valence-electron chi connectivity index (χ4n) is 2.08. The third-order valence-corrected chi connectivity index (χ3v) is 3.89. The fourth-order valence-corrected chi connectivity index (χ4v) is 2.96. The van der Waals surface area contributed by atoms with Crippen molar-refractivity contribution in [2.75, 3.05) is 0 Å². The molecule has 0 saturated heterocycles. The van der Waals surface area contributed by atoms with E-state index in [1.807, 2.05) is 17.5 Å². The van der Waals surface area contributed by atoms with Gasteiger partial charge >= 0.3 is 0 Å². The van der Waals surface area contributed by atoms with E-state index in [0.29, 0.717) is 11.4 Å². The second kappa shape index (κ2) is 4.33. The first-order valence-corrected chi connectivity index (χ1v) is 6.72. The molecular formula is C13H11ClO2S. The lowest BCUT2D eigenvalue weighted by Gasteiger charge is -2.29. The molecule has 2 atom stereocenters. The van der Waals surface area contributed by atoms with Crippen LogP contribution in [0.2, 0.25) is 5.02 Å². The van der Waals surface area contributed by atoms with Crippen molar-refractivity contribution in [3.05, 3.63) is 51.2 Å². The number of benzene rings is 1. The average Bonchev–Trinajstić information content (AvgIpc) is 2.83. The minimum atomic E-state index is -0.512. The van der Waals surface area contributed by atoms with Gasteiger partial charge in [0.2, 0.25) is 0 Å². The SMILES string of the molecule is O[C@@H]1CC(c2ccsc2)Oc2ccc(Cl)cc21. The molecule has 0 bridgehead atoms. The highest BCUT2D eigenvalue weighted by atomic mass is 35.5. The predicted molar refractivity (Wildman–Crippen MR) is 68.7 cm³/mol. The van der Waals surface area contributed by atoms with Crippen molar-refractivity contribution < 1.29 is 9.84 Å². The maximum absolute atomic E-state index is 10.1. The Morgan fingerprint density at radius 3 is 3.00 bits per heavy atom. The van der Waals surface area contributed by atoms with E-state index in [1.165, 1.54) is 0 Å². The van der Waals surface area contributed by atoms with Gasteiger partial charge in [-0.1, -0.05) is 11.6 Å². The van der Waals surface area contributed by atoms with Crippen LogP contribution in [0.25, 0.3) is 0 Å². The summed E-state index contributed by atoms with van der Waals surface area (Å²) in [6.45, 7) is 0. The summed E-state index contributed by atoms with van der Waals surface area (Å²) in [5.74, 6) is 0.726. The van der Waals surface area contributed by atoms with Crippen LogP contribution >= 0.6 is 22.9 Å². The van der Waals surface area contributed by atoms with Gasteiger partial charge in [-0.2, -0.15) is 11.3 Å². The molecule has 0 aliphatic carbocycles. The minimum Gasteiger partial charge on any atom is -0.485 e. The first-order valence-electron chi connectivity index (χ1n) is 5.40. The first kappa shape index (κ1) is 11.1. The van der Waals surface area contributed by atoms with Gasteiger partial charge in [-0.05, 0) is 35.0 Å². The smallest absolute Gasteiger partial charge is 0.127 e. The first-order chi connectivity index (χ1) is 8.24. The number of hydrogen-bond donors (Lipinski definition) is 1. The molecule has 0 fully saturated rings. The summed E-state index contributed by atoms with van der Waals surface area (Å²) in [4.78, 5) is 0. The highest BCUT2D eigenvalue weighted by molar-refractivity contribution is 7.07. The lowest BCUT2D eigenvalue weighted by molar-refractivity contribution is 0.0659. The van der Waals surface area contributed by atoms with Crippen molar-refractivity contribution >= 4 is 22.9 Å². The molecule has 3 rings (SSSR count). The van der Waals surface area contributed by atoms with Gasteiger partial charge in [-0.3, -0.25) is 0 Å². The Labute approximate surface area is 108 Å². The standard InChI is InChI=1S/C13H11ClO2S/c14-9-1-2-12-10(5-9)11(15)6-13(16-12)8-3-4-17-7-8/h1-5,7,11,13,15H,6H2/t11-,13?/m1/s1. The Hall–Kier alpha value is -1.03. The highest BCUT2D eigenvalue weighted by Crippen LogP contribution is 2.41. The Morgan fingerprint density at radius 1 is 1.35 bits per heavy atom. The summed E-state index contributed by atoms with van der Waals surface area (Å²) in [6, 6.07) is 7.40. The van der Waals surface area contributed by atoms with Crippen LogP contribution in [0, 0.1) is 0 Å². The summed E-state index contributed by atoms with van der Waals surface area (Å²) >= 11 is 7.55. The van der Waals surface area contributed by atoms with Gasteiger partial charge < -0.3 is 9.84 Å². The van der Waals surface area contributed by atoms with Crippen LogP contribution in [-0.4, -0.2) is 5.11 Å². The molecule has 0 amide bonds. The van der Waals surface area contributed by atoms with Crippen molar-refractivity contribution in [3.8, 4) is 5.75 Å². The number of rotatable bonds is 1. The molecule has 88 valence electrons. The largest absolute Gasteiger partial charge is 0.485 e. The Bertz CT molecular complexity index is 524. The van der Waals surface area contributed by atoms with Crippen LogP contribution < -0.4 is 4.74 Å². The molecule has 1 unspecified atom stereocenters. The van der Waals surface area contributed by atoms with E-state index in [2.05, 4.69) is 5.38 Å². The van der Waals surface area contributed by atoms with E-state index < -0.39 is 6.10 Å². The van der Waals surface area contributed by atoms with Crippen LogP contribution in [0.1, 0.15) is 29.8 Å². The zero-order chi connectivity index (χ0) is 11.8. The molecule has 4 heteroatoms. The quantitative estimate of drug-likeness (QED) is 0.847. The van der Waals surface area contributed by atoms with Gasteiger partial charge in [0, 0.05) is 22.6 Å². The highest BCUT2D eigenvalue weighted by Gasteiger charge is 2.28. The molecule has 1 aliphatic heterocycles. The van der Waals surface area contributed by atoms with Crippen LogP contribution in [0.5, 0.6) is 5.75 Å². The van der Waals surface area contributed by atoms with Crippen LogP contribution in [0.3, 0.4) is 0 Å². The topological polar surface area (TPSA) is 29.5 Å². The summed E-state index contributed by atoms with van der Waals surface area (Å²) in [5, 5.41) is 14.8. The molecule has 1 aromatic carbocycles. The monoisotopic (exact) mass is 266 g/mol. The average molecular weight is 267 g/mol. The zero-order valence-electron chi connectivity index (χ0n) is 8.97. The van der Waals surface area contributed by atoms with Gasteiger partial charge in [0.15, 0.2) is 0 Å². The van der Waals surface area contributed by atoms with E-state index in [4.69, 9.17) is 16.3 Å². The van der Waals surface area contributed by atoms with E-state index >= 15 is 0 Å². The van der Waals surface area contributed by atoms with Crippen LogP contribution in [0.4, 0.5) is 0 Å². The van der Waals surface area contributed by atoms with Crippen molar-refractivity contribution in [2.45, 2.75) is 18.6 Å². The number of ether oxygens (including phenoxy) is 1. The van der Waals surface area contributed by atoms with Gasteiger partial charge in [0.05, 0.1) is 6.10 Å². The number of aliphatic hydroxyl groups is 1. The van der Waals surface area contributed by atoms with E-state index in [0.717, 1.165) is 16.9 Å². The molecular weight excluding hydrogens is 256 g/mol. The molecule has 1 aromatic heterocycles. The lowest BCUT2D eigenvalue weighted by Crippen LogP contribution is -2.18. The number of aliphatic hydroxyl groups excluding tert-OH is 1. The zero-order valence-corrected chi connectivity index (χ0v) is 10.5. The van der Waals surface area contributed by atoms with Crippen LogP contribution in [-0.2, 0) is 0 Å². The van der Waals surface area contributed by atoms with Gasteiger partial charge in [-0.15, -0.1) is 0 Å². The molecule has 1 N–H and O–H groups in total. The summed E-state index contributed by atoms with van der Waals surface area (Å²) in [7, 11) is 0. The van der Waals surface area contributed by atoms with Gasteiger partial charge in [-0.25, -0.2) is 0 Å². The van der Waals surface area contributed by atoms with E-state index in [1.54, 1.807) is 23.5 Å². The lowest BCUT2D eigenvalue weighted by atomic mass is 9.96. The molecule has 0 saturated carbocycles. The number of thiophene rings is 1. The number of fused-ring (bicyclic) bond motifs is 1. The molecule has 2 nitrogen and oxygen atoms in total. The molecule has 0 spiro atoms. The van der Waals surface area contributed by atoms with Crippen molar-refractivity contribution in [2.24, 2.45) is 0 Å². The third kappa shape index (κ3) is 2.06. The number of hydrogen-bond acceptors (Lipinski definition) is 3. The molecule has 2 heterocycles. The molecule has 0 radical (unpaired) electrons. The Balaban J connectivity index is 1.96.